The van der Waals surface area contributed by atoms with Crippen molar-refractivity contribution in [2.24, 2.45) is 0 Å². The second kappa shape index (κ2) is 7.22. The highest BCUT2D eigenvalue weighted by Crippen LogP contribution is 2.26. The van der Waals surface area contributed by atoms with E-state index in [1.165, 1.54) is 30.1 Å². The van der Waals surface area contributed by atoms with Crippen LogP contribution in [0.25, 0.3) is 11.0 Å². The largest absolute Gasteiger partial charge is 0.438 e. The quantitative estimate of drug-likeness (QED) is 0.704. The Morgan fingerprint density at radius 2 is 1.70 bits per heavy atom. The zero-order valence-corrected chi connectivity index (χ0v) is 14.4. The highest BCUT2D eigenvalue weighted by molar-refractivity contribution is 5.80. The van der Waals surface area contributed by atoms with Crippen molar-refractivity contribution >= 4 is 16.9 Å². The van der Waals surface area contributed by atoms with Gasteiger partial charge in [0, 0.05) is 13.6 Å². The first-order valence-corrected chi connectivity index (χ1v) is 8.12. The first-order chi connectivity index (χ1) is 12.8. The molecule has 5 nitrogen and oxygen atoms in total. The molecule has 0 N–H and O–H groups in total. The number of aromatic nitrogens is 2. The second-order valence-corrected chi connectivity index (χ2v) is 6.07. The third kappa shape index (κ3) is 3.99. The molecule has 0 aliphatic heterocycles. The maximum Gasteiger partial charge on any atom is 0.438 e. The van der Waals surface area contributed by atoms with Gasteiger partial charge in [0.25, 0.3) is 5.56 Å². The summed E-state index contributed by atoms with van der Waals surface area (Å²) in [6.45, 7) is -0.224. The molecule has 0 atom stereocenters. The van der Waals surface area contributed by atoms with Gasteiger partial charge in [-0.25, -0.2) is 4.98 Å². The van der Waals surface area contributed by atoms with Crippen LogP contribution in [0.15, 0.2) is 59.4 Å². The second-order valence-electron chi connectivity index (χ2n) is 6.07. The van der Waals surface area contributed by atoms with Gasteiger partial charge < -0.3 is 4.90 Å². The van der Waals surface area contributed by atoms with Crippen LogP contribution in [0.4, 0.5) is 13.2 Å². The first kappa shape index (κ1) is 18.6. The molecule has 2 aromatic carbocycles. The van der Waals surface area contributed by atoms with Gasteiger partial charge in [0.1, 0.15) is 6.54 Å². The van der Waals surface area contributed by atoms with Crippen molar-refractivity contribution in [1.29, 1.82) is 0 Å². The topological polar surface area (TPSA) is 55.2 Å². The molecule has 3 aromatic rings. The van der Waals surface area contributed by atoms with Gasteiger partial charge in [-0.05, 0) is 17.7 Å². The molecule has 0 saturated carbocycles. The SMILES string of the molecule is CN(Cc1ccccc1)C(=O)Cn1c(=O)c(C(F)(F)F)nc2ccccc21. The fourth-order valence-corrected chi connectivity index (χ4v) is 2.74. The fourth-order valence-electron chi connectivity index (χ4n) is 2.74. The normalized spacial score (nSPS) is 11.6. The van der Waals surface area contributed by atoms with Crippen molar-refractivity contribution < 1.29 is 18.0 Å². The maximum atomic E-state index is 13.2. The average Bonchev–Trinajstić information content (AvgIpc) is 2.63. The molecule has 0 fully saturated rings. The zero-order chi connectivity index (χ0) is 19.6. The Morgan fingerprint density at radius 3 is 2.37 bits per heavy atom. The van der Waals surface area contributed by atoms with Gasteiger partial charge in [-0.3, -0.25) is 14.2 Å². The minimum Gasteiger partial charge on any atom is -0.340 e. The number of nitrogens with zero attached hydrogens (tertiary/aromatic N) is 3. The highest BCUT2D eigenvalue weighted by atomic mass is 19.4. The van der Waals surface area contributed by atoms with Gasteiger partial charge in [0.05, 0.1) is 11.0 Å². The molecule has 3 rings (SSSR count). The van der Waals surface area contributed by atoms with Crippen molar-refractivity contribution in [3.63, 3.8) is 0 Å². The summed E-state index contributed by atoms with van der Waals surface area (Å²) in [4.78, 5) is 29.7. The Morgan fingerprint density at radius 1 is 1.07 bits per heavy atom. The smallest absolute Gasteiger partial charge is 0.340 e. The number of fused-ring (bicyclic) bond motifs is 1. The van der Waals surface area contributed by atoms with Gasteiger partial charge >= 0.3 is 6.18 Å². The molecule has 1 heterocycles. The monoisotopic (exact) mass is 375 g/mol. The van der Waals surface area contributed by atoms with Crippen LogP contribution >= 0.6 is 0 Å². The standard InChI is InChI=1S/C19H16F3N3O2/c1-24(11-13-7-3-2-4-8-13)16(26)12-25-15-10-6-5-9-14(15)23-17(18(25)27)19(20,21)22/h2-10H,11-12H2,1H3. The molecular weight excluding hydrogens is 359 g/mol. The molecule has 0 saturated heterocycles. The average molecular weight is 375 g/mol. The Labute approximate surface area is 152 Å². The predicted octanol–water partition coefficient (Wildman–Crippen LogP) is 3.07. The lowest BCUT2D eigenvalue weighted by Gasteiger charge is -2.19. The van der Waals surface area contributed by atoms with Crippen LogP contribution in [-0.2, 0) is 24.1 Å². The molecule has 1 aromatic heterocycles. The lowest BCUT2D eigenvalue weighted by molar-refractivity contribution is -0.142. The molecule has 0 radical (unpaired) electrons. The lowest BCUT2D eigenvalue weighted by Crippen LogP contribution is -2.37. The van der Waals surface area contributed by atoms with E-state index in [9.17, 15) is 22.8 Å². The molecule has 8 heteroatoms. The molecule has 140 valence electrons. The van der Waals surface area contributed by atoms with Gasteiger partial charge in [-0.2, -0.15) is 13.2 Å². The number of halogens is 3. The van der Waals surface area contributed by atoms with Crippen LogP contribution in [0.1, 0.15) is 11.3 Å². The molecular formula is C19H16F3N3O2. The molecule has 27 heavy (non-hydrogen) atoms. The van der Waals surface area contributed by atoms with Crippen LogP contribution < -0.4 is 5.56 Å². The summed E-state index contributed by atoms with van der Waals surface area (Å²) in [5.41, 5.74) is -1.81. The number of rotatable bonds is 4. The van der Waals surface area contributed by atoms with Gasteiger partial charge in [0.15, 0.2) is 0 Å². The predicted molar refractivity (Wildman–Crippen MR) is 93.9 cm³/mol. The number of likely N-dealkylation sites (N-methyl/N-ethyl adjacent to an activating group) is 1. The molecule has 0 unspecified atom stereocenters. The summed E-state index contributed by atoms with van der Waals surface area (Å²) in [7, 11) is 1.54. The number of carbonyl (C=O) groups excluding carboxylic acids is 1. The molecule has 0 aliphatic rings. The molecule has 0 bridgehead atoms. The van der Waals surface area contributed by atoms with E-state index in [1.807, 2.05) is 30.3 Å². The summed E-state index contributed by atoms with van der Waals surface area (Å²) in [5.74, 6) is -0.481. The van der Waals surface area contributed by atoms with E-state index in [0.29, 0.717) is 0 Å². The minimum absolute atomic E-state index is 0.00272. The highest BCUT2D eigenvalue weighted by Gasteiger charge is 2.37. The Hall–Kier alpha value is -3.16. The summed E-state index contributed by atoms with van der Waals surface area (Å²) in [6.07, 6.45) is -4.90. The van der Waals surface area contributed by atoms with Crippen molar-refractivity contribution in [3.05, 3.63) is 76.2 Å². The van der Waals surface area contributed by atoms with Crippen LogP contribution in [0.2, 0.25) is 0 Å². The fraction of sp³-hybridized carbons (Fsp3) is 0.211. The number of carbonyl (C=O) groups is 1. The van der Waals surface area contributed by atoms with E-state index < -0.39 is 29.9 Å². The Kier molecular flexibility index (Phi) is 4.98. The number of para-hydroxylation sites is 2. The minimum atomic E-state index is -4.90. The van der Waals surface area contributed by atoms with Crippen LogP contribution in [0.3, 0.4) is 0 Å². The van der Waals surface area contributed by atoms with E-state index in [4.69, 9.17) is 0 Å². The molecule has 0 spiro atoms. The van der Waals surface area contributed by atoms with E-state index in [1.54, 1.807) is 6.07 Å². The Balaban J connectivity index is 1.97. The first-order valence-electron chi connectivity index (χ1n) is 8.12. The van der Waals surface area contributed by atoms with Crippen molar-refractivity contribution in [1.82, 2.24) is 14.5 Å². The number of amides is 1. The van der Waals surface area contributed by atoms with Crippen molar-refractivity contribution in [3.8, 4) is 0 Å². The number of alkyl halides is 3. The summed E-state index contributed by atoms with van der Waals surface area (Å²) >= 11 is 0. The van der Waals surface area contributed by atoms with E-state index >= 15 is 0 Å². The van der Waals surface area contributed by atoms with Crippen LogP contribution in [0, 0.1) is 0 Å². The van der Waals surface area contributed by atoms with E-state index in [0.717, 1.165) is 10.1 Å². The van der Waals surface area contributed by atoms with E-state index in [-0.39, 0.29) is 17.6 Å². The maximum absolute atomic E-state index is 13.2. The summed E-state index contributed by atoms with van der Waals surface area (Å²) in [5, 5.41) is 0. The lowest BCUT2D eigenvalue weighted by atomic mass is 10.2. The van der Waals surface area contributed by atoms with Crippen molar-refractivity contribution in [2.75, 3.05) is 7.05 Å². The third-order valence-electron chi connectivity index (χ3n) is 4.10. The molecule has 1 amide bonds. The number of benzene rings is 2. The number of hydrogen-bond acceptors (Lipinski definition) is 3. The zero-order valence-electron chi connectivity index (χ0n) is 14.4. The van der Waals surface area contributed by atoms with Gasteiger partial charge in [-0.1, -0.05) is 42.5 Å². The number of hydrogen-bond donors (Lipinski definition) is 0. The van der Waals surface area contributed by atoms with Gasteiger partial charge in [-0.15, -0.1) is 0 Å². The summed E-state index contributed by atoms with van der Waals surface area (Å²) in [6, 6.07) is 15.1. The van der Waals surface area contributed by atoms with Crippen molar-refractivity contribution in [2.45, 2.75) is 19.3 Å². The third-order valence-corrected chi connectivity index (χ3v) is 4.10. The van der Waals surface area contributed by atoms with Crippen LogP contribution in [0.5, 0.6) is 0 Å². The van der Waals surface area contributed by atoms with Gasteiger partial charge in [0.2, 0.25) is 11.6 Å². The summed E-state index contributed by atoms with van der Waals surface area (Å²) < 4.78 is 40.3. The van der Waals surface area contributed by atoms with E-state index in [2.05, 4.69) is 4.98 Å². The van der Waals surface area contributed by atoms with Crippen LogP contribution in [-0.4, -0.2) is 27.4 Å². The molecule has 0 aliphatic carbocycles. The Bertz CT molecular complexity index is 1030.